The van der Waals surface area contributed by atoms with E-state index in [-0.39, 0.29) is 0 Å². The molecule has 0 spiro atoms. The molecule has 18 heavy (non-hydrogen) atoms. The van der Waals surface area contributed by atoms with Crippen LogP contribution < -0.4 is 5.32 Å². The predicted octanol–water partition coefficient (Wildman–Crippen LogP) is 1.40. The SMILES string of the molecule is COCCCC(=O)N(CC1CCNCC1)C1CC1. The molecular formula is C14H26N2O2. The largest absolute Gasteiger partial charge is 0.385 e. The summed E-state index contributed by atoms with van der Waals surface area (Å²) in [5.74, 6) is 1.05. The maximum absolute atomic E-state index is 12.2. The number of nitrogens with zero attached hydrogens (tertiary/aromatic N) is 1. The van der Waals surface area contributed by atoms with Crippen molar-refractivity contribution in [2.75, 3.05) is 33.4 Å². The minimum absolute atomic E-state index is 0.341. The van der Waals surface area contributed by atoms with E-state index in [1.807, 2.05) is 0 Å². The first kappa shape index (κ1) is 13.8. The summed E-state index contributed by atoms with van der Waals surface area (Å²) < 4.78 is 5.02. The van der Waals surface area contributed by atoms with Gasteiger partial charge in [0.15, 0.2) is 0 Å². The Morgan fingerprint density at radius 3 is 2.61 bits per heavy atom. The second-order valence-corrected chi connectivity index (χ2v) is 5.57. The van der Waals surface area contributed by atoms with Gasteiger partial charge >= 0.3 is 0 Å². The van der Waals surface area contributed by atoms with Gasteiger partial charge < -0.3 is 15.0 Å². The van der Waals surface area contributed by atoms with Gasteiger partial charge in [0.1, 0.15) is 0 Å². The van der Waals surface area contributed by atoms with E-state index < -0.39 is 0 Å². The number of carbonyl (C=O) groups excluding carboxylic acids is 1. The van der Waals surface area contributed by atoms with Gasteiger partial charge in [0, 0.05) is 32.7 Å². The smallest absolute Gasteiger partial charge is 0.222 e. The highest BCUT2D eigenvalue weighted by Crippen LogP contribution is 2.29. The molecule has 1 aliphatic carbocycles. The third kappa shape index (κ3) is 4.25. The van der Waals surface area contributed by atoms with Gasteiger partial charge in [-0.25, -0.2) is 0 Å². The predicted molar refractivity (Wildman–Crippen MR) is 71.4 cm³/mol. The van der Waals surface area contributed by atoms with Gasteiger partial charge in [-0.3, -0.25) is 4.79 Å². The fourth-order valence-corrected chi connectivity index (χ4v) is 2.69. The Bertz CT molecular complexity index is 261. The van der Waals surface area contributed by atoms with Crippen molar-refractivity contribution in [3.8, 4) is 0 Å². The van der Waals surface area contributed by atoms with E-state index >= 15 is 0 Å². The summed E-state index contributed by atoms with van der Waals surface area (Å²) in [7, 11) is 1.69. The lowest BCUT2D eigenvalue weighted by molar-refractivity contribution is -0.132. The lowest BCUT2D eigenvalue weighted by Gasteiger charge is -2.30. The molecular weight excluding hydrogens is 228 g/mol. The van der Waals surface area contributed by atoms with Crippen molar-refractivity contribution in [1.82, 2.24) is 10.2 Å². The summed E-state index contributed by atoms with van der Waals surface area (Å²) in [4.78, 5) is 14.4. The van der Waals surface area contributed by atoms with Gasteiger partial charge in [0.2, 0.25) is 5.91 Å². The van der Waals surface area contributed by atoms with Crippen molar-refractivity contribution in [2.24, 2.45) is 5.92 Å². The van der Waals surface area contributed by atoms with Crippen LogP contribution in [0.25, 0.3) is 0 Å². The van der Waals surface area contributed by atoms with Crippen molar-refractivity contribution in [2.45, 2.75) is 44.6 Å². The Labute approximate surface area is 110 Å². The molecule has 0 atom stereocenters. The van der Waals surface area contributed by atoms with Crippen LogP contribution in [0.4, 0.5) is 0 Å². The topological polar surface area (TPSA) is 41.6 Å². The molecule has 2 aliphatic rings. The Balaban J connectivity index is 1.77. The van der Waals surface area contributed by atoms with E-state index in [2.05, 4.69) is 10.2 Å². The zero-order valence-corrected chi connectivity index (χ0v) is 11.5. The molecule has 0 unspecified atom stereocenters. The minimum Gasteiger partial charge on any atom is -0.385 e. The van der Waals surface area contributed by atoms with E-state index in [1.165, 1.54) is 25.7 Å². The fraction of sp³-hybridized carbons (Fsp3) is 0.929. The molecule has 0 aromatic heterocycles. The molecule has 1 saturated heterocycles. The molecule has 1 amide bonds. The van der Waals surface area contributed by atoms with Gasteiger partial charge in [-0.05, 0) is 51.1 Å². The van der Waals surface area contributed by atoms with Gasteiger partial charge in [-0.1, -0.05) is 0 Å². The van der Waals surface area contributed by atoms with Crippen molar-refractivity contribution in [1.29, 1.82) is 0 Å². The molecule has 0 aromatic rings. The van der Waals surface area contributed by atoms with E-state index in [0.29, 0.717) is 30.9 Å². The molecule has 2 rings (SSSR count). The monoisotopic (exact) mass is 254 g/mol. The second-order valence-electron chi connectivity index (χ2n) is 5.57. The van der Waals surface area contributed by atoms with Crippen LogP contribution in [0.15, 0.2) is 0 Å². The summed E-state index contributed by atoms with van der Waals surface area (Å²) >= 11 is 0. The zero-order chi connectivity index (χ0) is 12.8. The average molecular weight is 254 g/mol. The Kier molecular flexibility index (Phi) is 5.45. The zero-order valence-electron chi connectivity index (χ0n) is 11.5. The number of hydrogen-bond acceptors (Lipinski definition) is 3. The van der Waals surface area contributed by atoms with Crippen LogP contribution in [0.5, 0.6) is 0 Å². The summed E-state index contributed by atoms with van der Waals surface area (Å²) in [6.07, 6.45) is 6.35. The number of nitrogens with one attached hydrogen (secondary N) is 1. The first-order valence-corrected chi connectivity index (χ1v) is 7.30. The number of ether oxygens (including phenoxy) is 1. The standard InChI is InChI=1S/C14H26N2O2/c1-18-10-2-3-14(17)16(13-4-5-13)11-12-6-8-15-9-7-12/h12-13,15H,2-11H2,1H3. The maximum atomic E-state index is 12.2. The molecule has 2 fully saturated rings. The van der Waals surface area contributed by atoms with Gasteiger partial charge in [-0.2, -0.15) is 0 Å². The maximum Gasteiger partial charge on any atom is 0.222 e. The van der Waals surface area contributed by atoms with Crippen LogP contribution in [0.2, 0.25) is 0 Å². The fourth-order valence-electron chi connectivity index (χ4n) is 2.69. The number of piperidine rings is 1. The molecule has 0 bridgehead atoms. The van der Waals surface area contributed by atoms with Crippen LogP contribution in [-0.4, -0.2) is 50.2 Å². The van der Waals surface area contributed by atoms with Crippen LogP contribution in [0, 0.1) is 5.92 Å². The van der Waals surface area contributed by atoms with Crippen LogP contribution in [-0.2, 0) is 9.53 Å². The third-order valence-corrected chi connectivity index (χ3v) is 3.96. The van der Waals surface area contributed by atoms with Gasteiger partial charge in [0.25, 0.3) is 0 Å². The Hall–Kier alpha value is -0.610. The first-order valence-electron chi connectivity index (χ1n) is 7.30. The van der Waals surface area contributed by atoms with Crippen LogP contribution in [0.1, 0.15) is 38.5 Å². The van der Waals surface area contributed by atoms with Crippen molar-refractivity contribution >= 4 is 5.91 Å². The van der Waals surface area contributed by atoms with Crippen LogP contribution >= 0.6 is 0 Å². The molecule has 1 N–H and O–H groups in total. The molecule has 0 radical (unpaired) electrons. The minimum atomic E-state index is 0.341. The van der Waals surface area contributed by atoms with Gasteiger partial charge in [0.05, 0.1) is 0 Å². The highest BCUT2D eigenvalue weighted by molar-refractivity contribution is 5.76. The van der Waals surface area contributed by atoms with Crippen LogP contribution in [0.3, 0.4) is 0 Å². The molecule has 1 aliphatic heterocycles. The lowest BCUT2D eigenvalue weighted by Crippen LogP contribution is -2.40. The van der Waals surface area contributed by atoms with Crippen molar-refractivity contribution < 1.29 is 9.53 Å². The first-order chi connectivity index (χ1) is 8.81. The number of hydrogen-bond donors (Lipinski definition) is 1. The average Bonchev–Trinajstić information content (AvgIpc) is 3.21. The number of rotatable bonds is 7. The summed E-state index contributed by atoms with van der Waals surface area (Å²) in [6, 6.07) is 0.551. The number of amides is 1. The number of carbonyl (C=O) groups is 1. The second kappa shape index (κ2) is 7.10. The normalized spacial score (nSPS) is 20.9. The van der Waals surface area contributed by atoms with E-state index in [0.717, 1.165) is 26.1 Å². The molecule has 1 heterocycles. The van der Waals surface area contributed by atoms with Crippen molar-refractivity contribution in [3.05, 3.63) is 0 Å². The molecule has 0 aromatic carbocycles. The third-order valence-electron chi connectivity index (χ3n) is 3.96. The lowest BCUT2D eigenvalue weighted by atomic mass is 9.97. The quantitative estimate of drug-likeness (QED) is 0.698. The Morgan fingerprint density at radius 2 is 2.00 bits per heavy atom. The molecule has 1 saturated carbocycles. The van der Waals surface area contributed by atoms with E-state index in [9.17, 15) is 4.79 Å². The molecule has 4 nitrogen and oxygen atoms in total. The highest BCUT2D eigenvalue weighted by atomic mass is 16.5. The van der Waals surface area contributed by atoms with Gasteiger partial charge in [-0.15, -0.1) is 0 Å². The summed E-state index contributed by atoms with van der Waals surface area (Å²) in [6.45, 7) is 3.90. The van der Waals surface area contributed by atoms with E-state index in [4.69, 9.17) is 4.74 Å². The summed E-state index contributed by atoms with van der Waals surface area (Å²) in [5.41, 5.74) is 0. The highest BCUT2D eigenvalue weighted by Gasteiger charge is 2.33. The number of methoxy groups -OCH3 is 1. The van der Waals surface area contributed by atoms with E-state index in [1.54, 1.807) is 7.11 Å². The Morgan fingerprint density at radius 1 is 1.28 bits per heavy atom. The summed E-state index contributed by atoms with van der Waals surface area (Å²) in [5, 5.41) is 3.38. The molecule has 4 heteroatoms. The molecule has 104 valence electrons. The van der Waals surface area contributed by atoms with Crippen molar-refractivity contribution in [3.63, 3.8) is 0 Å².